The van der Waals surface area contributed by atoms with E-state index in [0.717, 1.165) is 25.0 Å². The van der Waals surface area contributed by atoms with E-state index in [4.69, 9.17) is 11.6 Å². The molecule has 1 aliphatic rings. The molecule has 1 N–H and O–H groups in total. The zero-order valence-electron chi connectivity index (χ0n) is 11.2. The predicted octanol–water partition coefficient (Wildman–Crippen LogP) is 4.43. The van der Waals surface area contributed by atoms with Crippen LogP contribution in [0.1, 0.15) is 24.1 Å². The van der Waals surface area contributed by atoms with Gasteiger partial charge in [-0.2, -0.15) is 13.2 Å². The van der Waals surface area contributed by atoms with Crippen LogP contribution in [0, 0.1) is 6.92 Å². The summed E-state index contributed by atoms with van der Waals surface area (Å²) < 4.78 is 40.1. The first-order chi connectivity index (χ1) is 9.84. The van der Waals surface area contributed by atoms with Gasteiger partial charge in [-0.1, -0.05) is 11.6 Å². The second-order valence-electron chi connectivity index (χ2n) is 5.16. The average Bonchev–Trinajstić information content (AvgIpc) is 3.11. The topological polar surface area (TPSA) is 29.9 Å². The number of benzene rings is 1. The molecule has 0 saturated heterocycles. The normalized spacial score (nSPS) is 15.3. The first kappa shape index (κ1) is 14.3. The van der Waals surface area contributed by atoms with Crippen molar-refractivity contribution >= 4 is 17.5 Å². The molecule has 1 saturated carbocycles. The second kappa shape index (κ2) is 4.94. The summed E-state index contributed by atoms with van der Waals surface area (Å²) >= 11 is 6.07. The smallest absolute Gasteiger partial charge is 0.353 e. The van der Waals surface area contributed by atoms with Crippen molar-refractivity contribution in [2.75, 3.05) is 5.32 Å². The van der Waals surface area contributed by atoms with Gasteiger partial charge in [-0.3, -0.25) is 4.57 Å². The third kappa shape index (κ3) is 3.00. The molecule has 0 unspecified atom stereocenters. The summed E-state index contributed by atoms with van der Waals surface area (Å²) in [5.74, 6) is 0.524. The Hall–Kier alpha value is -1.69. The fraction of sp³-hybridized carbons (Fsp3) is 0.357. The summed E-state index contributed by atoms with van der Waals surface area (Å²) in [7, 11) is 0. The summed E-state index contributed by atoms with van der Waals surface area (Å²) in [5, 5.41) is 3.45. The second-order valence-corrected chi connectivity index (χ2v) is 5.57. The molecule has 0 aliphatic heterocycles. The molecule has 21 heavy (non-hydrogen) atoms. The molecule has 7 heteroatoms. The maximum Gasteiger partial charge on any atom is 0.416 e. The first-order valence-electron chi connectivity index (χ1n) is 6.54. The number of alkyl halides is 3. The van der Waals surface area contributed by atoms with Gasteiger partial charge in [0.2, 0.25) is 5.95 Å². The summed E-state index contributed by atoms with van der Waals surface area (Å²) in [5.41, 5.74) is 0.257. The SMILES string of the molecule is Cc1cn(-c2cc(C(F)(F)F)ccc2Cl)c(NC2CC2)n1. The summed E-state index contributed by atoms with van der Waals surface area (Å²) in [6, 6.07) is 3.62. The summed E-state index contributed by atoms with van der Waals surface area (Å²) in [6.07, 6.45) is -0.643. The highest BCUT2D eigenvalue weighted by atomic mass is 35.5. The Morgan fingerprint density at radius 3 is 2.67 bits per heavy atom. The van der Waals surface area contributed by atoms with Gasteiger partial charge in [-0.25, -0.2) is 4.98 Å². The third-order valence-electron chi connectivity index (χ3n) is 3.27. The predicted molar refractivity (Wildman–Crippen MR) is 75.0 cm³/mol. The van der Waals surface area contributed by atoms with Crippen molar-refractivity contribution < 1.29 is 13.2 Å². The molecule has 0 spiro atoms. The van der Waals surface area contributed by atoms with Crippen molar-refractivity contribution in [2.45, 2.75) is 32.0 Å². The van der Waals surface area contributed by atoms with Gasteiger partial charge in [0.25, 0.3) is 0 Å². The molecule has 1 aromatic carbocycles. The van der Waals surface area contributed by atoms with E-state index in [1.807, 2.05) is 0 Å². The number of hydrogen-bond donors (Lipinski definition) is 1. The maximum absolute atomic E-state index is 12.9. The lowest BCUT2D eigenvalue weighted by atomic mass is 10.2. The van der Waals surface area contributed by atoms with E-state index < -0.39 is 11.7 Å². The molecule has 2 aromatic rings. The minimum atomic E-state index is -4.40. The van der Waals surface area contributed by atoms with Crippen molar-refractivity contribution in [3.8, 4) is 5.69 Å². The van der Waals surface area contributed by atoms with Crippen LogP contribution >= 0.6 is 11.6 Å². The lowest BCUT2D eigenvalue weighted by molar-refractivity contribution is -0.137. The van der Waals surface area contributed by atoms with Crippen LogP contribution in [0.2, 0.25) is 5.02 Å². The standard InChI is InChI=1S/C14H13ClF3N3/c1-8-7-21(13(19-8)20-10-3-4-10)12-6-9(14(16,17)18)2-5-11(12)15/h2,5-7,10H,3-4H2,1H3,(H,19,20). The Morgan fingerprint density at radius 2 is 2.05 bits per heavy atom. The molecule has 0 bridgehead atoms. The number of halogens is 4. The van der Waals surface area contributed by atoms with Crippen LogP contribution < -0.4 is 5.32 Å². The summed E-state index contributed by atoms with van der Waals surface area (Å²) in [4.78, 5) is 4.31. The maximum atomic E-state index is 12.9. The van der Waals surface area contributed by atoms with E-state index in [2.05, 4.69) is 10.3 Å². The van der Waals surface area contributed by atoms with Gasteiger partial charge in [-0.15, -0.1) is 0 Å². The zero-order valence-corrected chi connectivity index (χ0v) is 12.0. The van der Waals surface area contributed by atoms with Crippen LogP contribution in [0.15, 0.2) is 24.4 Å². The first-order valence-corrected chi connectivity index (χ1v) is 6.92. The van der Waals surface area contributed by atoms with Crippen molar-refractivity contribution in [2.24, 2.45) is 0 Å². The van der Waals surface area contributed by atoms with E-state index in [0.29, 0.717) is 17.7 Å². The quantitative estimate of drug-likeness (QED) is 0.908. The molecule has 3 nitrogen and oxygen atoms in total. The monoisotopic (exact) mass is 315 g/mol. The highest BCUT2D eigenvalue weighted by molar-refractivity contribution is 6.32. The molecular formula is C14H13ClF3N3. The highest BCUT2D eigenvalue weighted by Gasteiger charge is 2.31. The number of hydrogen-bond acceptors (Lipinski definition) is 2. The average molecular weight is 316 g/mol. The molecular weight excluding hydrogens is 303 g/mol. The minimum Gasteiger partial charge on any atom is -0.353 e. The number of imidazole rings is 1. The van der Waals surface area contributed by atoms with Gasteiger partial charge in [0, 0.05) is 12.2 Å². The molecule has 0 radical (unpaired) electrons. The molecule has 1 aliphatic carbocycles. The number of anilines is 1. The highest BCUT2D eigenvalue weighted by Crippen LogP contribution is 2.34. The van der Waals surface area contributed by atoms with Crippen LogP contribution in [0.25, 0.3) is 5.69 Å². The number of aromatic nitrogens is 2. The lowest BCUT2D eigenvalue weighted by Gasteiger charge is -2.13. The van der Waals surface area contributed by atoms with E-state index in [9.17, 15) is 13.2 Å². The largest absolute Gasteiger partial charge is 0.416 e. The van der Waals surface area contributed by atoms with Crippen molar-refractivity contribution in [3.63, 3.8) is 0 Å². The van der Waals surface area contributed by atoms with E-state index in [-0.39, 0.29) is 10.7 Å². The molecule has 112 valence electrons. The van der Waals surface area contributed by atoms with Crippen molar-refractivity contribution in [3.05, 3.63) is 40.7 Å². The minimum absolute atomic E-state index is 0.249. The lowest BCUT2D eigenvalue weighted by Crippen LogP contribution is -2.10. The molecule has 1 fully saturated rings. The van der Waals surface area contributed by atoms with Crippen LogP contribution in [0.3, 0.4) is 0 Å². The van der Waals surface area contributed by atoms with Crippen molar-refractivity contribution in [1.29, 1.82) is 0 Å². The van der Waals surface area contributed by atoms with Crippen LogP contribution in [-0.4, -0.2) is 15.6 Å². The van der Waals surface area contributed by atoms with Gasteiger partial charge < -0.3 is 5.32 Å². The number of nitrogens with zero attached hydrogens (tertiary/aromatic N) is 2. The zero-order chi connectivity index (χ0) is 15.2. The van der Waals surface area contributed by atoms with Crippen molar-refractivity contribution in [1.82, 2.24) is 9.55 Å². The Morgan fingerprint density at radius 1 is 1.33 bits per heavy atom. The molecule has 0 amide bonds. The Bertz CT molecular complexity index is 675. The van der Waals surface area contributed by atoms with Gasteiger partial charge in [0.1, 0.15) is 0 Å². The number of aryl methyl sites for hydroxylation is 1. The van der Waals surface area contributed by atoms with Gasteiger partial charge in [0.05, 0.1) is 22.0 Å². The fourth-order valence-corrected chi connectivity index (χ4v) is 2.28. The molecule has 3 rings (SSSR count). The van der Waals surface area contributed by atoms with E-state index in [1.54, 1.807) is 17.7 Å². The van der Waals surface area contributed by atoms with E-state index in [1.165, 1.54) is 6.07 Å². The fourth-order valence-electron chi connectivity index (χ4n) is 2.07. The number of rotatable bonds is 3. The Balaban J connectivity index is 2.06. The van der Waals surface area contributed by atoms with E-state index >= 15 is 0 Å². The van der Waals surface area contributed by atoms with Crippen LogP contribution in [-0.2, 0) is 6.18 Å². The Kier molecular flexibility index (Phi) is 3.36. The summed E-state index contributed by atoms with van der Waals surface area (Å²) in [6.45, 7) is 1.79. The number of nitrogens with one attached hydrogen (secondary N) is 1. The van der Waals surface area contributed by atoms with Gasteiger partial charge in [-0.05, 0) is 38.0 Å². The van der Waals surface area contributed by atoms with Gasteiger partial charge >= 0.3 is 6.18 Å². The van der Waals surface area contributed by atoms with Gasteiger partial charge in [0.15, 0.2) is 0 Å². The third-order valence-corrected chi connectivity index (χ3v) is 3.59. The molecule has 1 heterocycles. The van der Waals surface area contributed by atoms with Crippen LogP contribution in [0.4, 0.5) is 19.1 Å². The molecule has 1 aromatic heterocycles. The molecule has 0 atom stereocenters. The van der Waals surface area contributed by atoms with Crippen LogP contribution in [0.5, 0.6) is 0 Å². The Labute approximate surface area is 124 Å².